The van der Waals surface area contributed by atoms with Crippen molar-refractivity contribution in [2.75, 3.05) is 25.0 Å². The van der Waals surface area contributed by atoms with Gasteiger partial charge in [0.1, 0.15) is 0 Å². The van der Waals surface area contributed by atoms with Crippen LogP contribution in [0.5, 0.6) is 0 Å². The van der Waals surface area contributed by atoms with E-state index in [2.05, 4.69) is 115 Å². The fourth-order valence-electron chi connectivity index (χ4n) is 3.93. The maximum Gasteiger partial charge on any atom is 0.0668 e. The van der Waals surface area contributed by atoms with Crippen LogP contribution in [0.2, 0.25) is 0 Å². The lowest BCUT2D eigenvalue weighted by Gasteiger charge is -2.18. The van der Waals surface area contributed by atoms with E-state index in [0.717, 1.165) is 18.8 Å². The Balaban J connectivity index is 1.45. The molecule has 0 saturated heterocycles. The van der Waals surface area contributed by atoms with Crippen molar-refractivity contribution in [3.05, 3.63) is 108 Å². The van der Waals surface area contributed by atoms with E-state index >= 15 is 0 Å². The first-order valence-electron chi connectivity index (χ1n) is 10.6. The third kappa shape index (κ3) is 4.28. The topological polar surface area (TPSA) is 15.6 Å². The van der Waals surface area contributed by atoms with E-state index in [1.54, 1.807) is 11.8 Å². The fraction of sp³-hybridized carbons (Fsp3) is 0.107. The van der Waals surface area contributed by atoms with Crippen LogP contribution in [0.4, 0.5) is 5.69 Å². The lowest BCUT2D eigenvalue weighted by atomic mass is 10.1. The highest BCUT2D eigenvalue weighted by molar-refractivity contribution is 7.99. The van der Waals surface area contributed by atoms with Crippen molar-refractivity contribution in [2.24, 2.45) is 4.99 Å². The van der Waals surface area contributed by atoms with Gasteiger partial charge in [-0.1, -0.05) is 84.6 Å². The highest BCUT2D eigenvalue weighted by atomic mass is 32.2. The lowest BCUT2D eigenvalue weighted by molar-refractivity contribution is 0.897. The van der Waals surface area contributed by atoms with Crippen molar-refractivity contribution in [1.82, 2.24) is 0 Å². The number of aliphatic imine (C=N–C) groups is 1. The molecule has 0 aliphatic carbocycles. The molecular formula is C28H24N2S. The fourth-order valence-corrected chi connectivity index (χ4v) is 4.91. The molecule has 1 heterocycles. The normalized spacial score (nSPS) is 13.8. The Morgan fingerprint density at radius 2 is 1.58 bits per heavy atom. The van der Waals surface area contributed by atoms with Crippen LogP contribution in [0.15, 0.2) is 112 Å². The summed E-state index contributed by atoms with van der Waals surface area (Å²) < 4.78 is 0. The maximum atomic E-state index is 4.86. The van der Waals surface area contributed by atoms with Crippen molar-refractivity contribution in [3.8, 4) is 0 Å². The number of benzene rings is 4. The molecule has 4 aromatic carbocycles. The summed E-state index contributed by atoms with van der Waals surface area (Å²) in [5, 5.41) is 2.55. The van der Waals surface area contributed by atoms with E-state index in [-0.39, 0.29) is 0 Å². The third-order valence-electron chi connectivity index (χ3n) is 5.60. The highest BCUT2D eigenvalue weighted by Crippen LogP contribution is 2.33. The molecule has 0 amide bonds. The lowest BCUT2D eigenvalue weighted by Crippen LogP contribution is -2.20. The number of nitrogens with zero attached hydrogens (tertiary/aromatic N) is 2. The van der Waals surface area contributed by atoms with Gasteiger partial charge in [0.15, 0.2) is 0 Å². The largest absolute Gasteiger partial charge is 0.372 e. The zero-order chi connectivity index (χ0) is 21.0. The summed E-state index contributed by atoms with van der Waals surface area (Å²) in [6.45, 7) is 1.74. The Morgan fingerprint density at radius 1 is 0.806 bits per heavy atom. The Labute approximate surface area is 187 Å². The average Bonchev–Trinajstić information content (AvgIpc) is 2.97. The Kier molecular flexibility index (Phi) is 5.59. The minimum absolute atomic E-state index is 0.804. The van der Waals surface area contributed by atoms with Gasteiger partial charge in [-0.2, -0.15) is 0 Å². The monoisotopic (exact) mass is 420 g/mol. The number of allylic oxidation sites excluding steroid dienone is 1. The van der Waals surface area contributed by atoms with Crippen LogP contribution in [-0.4, -0.2) is 25.8 Å². The molecule has 0 bridgehead atoms. The van der Waals surface area contributed by atoms with E-state index in [1.807, 2.05) is 0 Å². The standard InChI is InChI=1S/C28H24N2S/c1-30-19-18-29-26(25-11-5-6-12-27(25)30)17-15-22-9-4-7-13-28(22)31-24-16-14-21-8-2-3-10-23(21)20-24/h2-17,20H,18-19H2,1H3/b17-15+. The van der Waals surface area contributed by atoms with Gasteiger partial charge in [-0.15, -0.1) is 0 Å². The molecule has 2 nitrogen and oxygen atoms in total. The van der Waals surface area contributed by atoms with E-state index in [9.17, 15) is 0 Å². The molecule has 3 heteroatoms. The van der Waals surface area contributed by atoms with Gasteiger partial charge in [0.25, 0.3) is 0 Å². The second-order valence-electron chi connectivity index (χ2n) is 7.69. The number of benzodiazepines with no additional fused rings is 1. The third-order valence-corrected chi connectivity index (χ3v) is 6.68. The predicted octanol–water partition coefficient (Wildman–Crippen LogP) is 6.94. The van der Waals surface area contributed by atoms with Crippen LogP contribution in [0, 0.1) is 0 Å². The van der Waals surface area contributed by atoms with Gasteiger partial charge in [-0.25, -0.2) is 0 Å². The van der Waals surface area contributed by atoms with Crippen LogP contribution in [0.25, 0.3) is 16.8 Å². The molecule has 4 aromatic rings. The summed E-state index contributed by atoms with van der Waals surface area (Å²) in [6, 6.07) is 32.3. The van der Waals surface area contributed by atoms with Crippen molar-refractivity contribution in [1.29, 1.82) is 0 Å². The molecule has 0 fully saturated rings. The molecule has 1 aliphatic heterocycles. The maximum absolute atomic E-state index is 4.86. The van der Waals surface area contributed by atoms with E-state index in [1.165, 1.54) is 37.4 Å². The smallest absolute Gasteiger partial charge is 0.0668 e. The molecule has 152 valence electrons. The first-order valence-corrected chi connectivity index (χ1v) is 11.4. The predicted molar refractivity (Wildman–Crippen MR) is 135 cm³/mol. The minimum Gasteiger partial charge on any atom is -0.372 e. The number of hydrogen-bond acceptors (Lipinski definition) is 3. The van der Waals surface area contributed by atoms with Crippen LogP contribution < -0.4 is 4.90 Å². The quantitative estimate of drug-likeness (QED) is 0.355. The molecule has 0 N–H and O–H groups in total. The van der Waals surface area contributed by atoms with Gasteiger partial charge >= 0.3 is 0 Å². The first kappa shape index (κ1) is 19.7. The first-order chi connectivity index (χ1) is 15.3. The van der Waals surface area contributed by atoms with Gasteiger partial charge in [0.05, 0.1) is 12.3 Å². The minimum atomic E-state index is 0.804. The average molecular weight is 421 g/mol. The second kappa shape index (κ2) is 8.83. The SMILES string of the molecule is CN1CCN=C(/C=C/c2ccccc2Sc2ccc3ccccc3c2)c2ccccc21. The summed E-state index contributed by atoms with van der Waals surface area (Å²) in [7, 11) is 2.14. The molecule has 0 aromatic heterocycles. The number of anilines is 1. The zero-order valence-corrected chi connectivity index (χ0v) is 18.3. The van der Waals surface area contributed by atoms with Gasteiger partial charge in [0.2, 0.25) is 0 Å². The van der Waals surface area contributed by atoms with Gasteiger partial charge in [0, 0.05) is 34.6 Å². The summed E-state index contributed by atoms with van der Waals surface area (Å²) in [4.78, 5) is 9.63. The number of likely N-dealkylation sites (N-methyl/N-ethyl adjacent to an activating group) is 1. The zero-order valence-electron chi connectivity index (χ0n) is 17.5. The van der Waals surface area contributed by atoms with E-state index in [0.29, 0.717) is 0 Å². The van der Waals surface area contributed by atoms with Crippen LogP contribution in [-0.2, 0) is 0 Å². The van der Waals surface area contributed by atoms with Crippen molar-refractivity contribution in [3.63, 3.8) is 0 Å². The number of hydrogen-bond donors (Lipinski definition) is 0. The number of para-hydroxylation sites is 1. The van der Waals surface area contributed by atoms with Gasteiger partial charge < -0.3 is 4.90 Å². The Bertz CT molecular complexity index is 1290. The summed E-state index contributed by atoms with van der Waals surface area (Å²) >= 11 is 1.81. The molecule has 1 aliphatic rings. The van der Waals surface area contributed by atoms with Crippen molar-refractivity contribution in [2.45, 2.75) is 9.79 Å². The molecule has 0 saturated carbocycles. The summed E-state index contributed by atoms with van der Waals surface area (Å²) in [5.41, 5.74) is 4.68. The highest BCUT2D eigenvalue weighted by Gasteiger charge is 2.13. The molecule has 0 unspecified atom stereocenters. The summed E-state index contributed by atoms with van der Waals surface area (Å²) in [6.07, 6.45) is 4.36. The van der Waals surface area contributed by atoms with Crippen molar-refractivity contribution >= 4 is 40.0 Å². The Morgan fingerprint density at radius 3 is 2.52 bits per heavy atom. The molecule has 0 atom stereocenters. The number of rotatable bonds is 4. The van der Waals surface area contributed by atoms with E-state index < -0.39 is 0 Å². The summed E-state index contributed by atoms with van der Waals surface area (Å²) in [5.74, 6) is 0. The van der Waals surface area contributed by atoms with Gasteiger partial charge in [-0.3, -0.25) is 4.99 Å². The van der Waals surface area contributed by atoms with Crippen LogP contribution >= 0.6 is 11.8 Å². The molecular weight excluding hydrogens is 396 g/mol. The second-order valence-corrected chi connectivity index (χ2v) is 8.80. The van der Waals surface area contributed by atoms with Gasteiger partial charge in [-0.05, 0) is 46.7 Å². The van der Waals surface area contributed by atoms with Crippen molar-refractivity contribution < 1.29 is 0 Å². The number of fused-ring (bicyclic) bond motifs is 2. The molecule has 0 radical (unpaired) electrons. The molecule has 0 spiro atoms. The molecule has 5 rings (SSSR count). The van der Waals surface area contributed by atoms with E-state index in [4.69, 9.17) is 4.99 Å². The van der Waals surface area contributed by atoms with Crippen LogP contribution in [0.1, 0.15) is 11.1 Å². The molecule has 31 heavy (non-hydrogen) atoms. The Hall–Kier alpha value is -3.30. The van der Waals surface area contributed by atoms with Crippen LogP contribution in [0.3, 0.4) is 0 Å².